The standard InChI is InChI=1S/C19H20N4O4/c1-27-13-4-5-16-14(9-13)15(10-17(24)23-16)19(26)22-8-7-21-18(25)12-3-2-6-20-11-12/h2-6,9,11,15H,7-8,10H2,1H3,(H,21,25)(H,22,26)(H,23,24)/t15-/m1/s1. The zero-order valence-electron chi connectivity index (χ0n) is 14.8. The van der Waals surface area contributed by atoms with Gasteiger partial charge in [0.15, 0.2) is 0 Å². The Morgan fingerprint density at radius 1 is 1.26 bits per heavy atom. The minimum atomic E-state index is -0.599. The second kappa shape index (κ2) is 8.31. The van der Waals surface area contributed by atoms with Crippen LogP contribution in [0.5, 0.6) is 5.75 Å². The van der Waals surface area contributed by atoms with Crippen LogP contribution in [0, 0.1) is 0 Å². The Hall–Kier alpha value is -3.42. The molecule has 3 amide bonds. The van der Waals surface area contributed by atoms with Crippen molar-refractivity contribution in [3.05, 3.63) is 53.9 Å². The molecular weight excluding hydrogens is 348 g/mol. The lowest BCUT2D eigenvalue weighted by atomic mass is 9.89. The molecule has 0 unspecified atom stereocenters. The van der Waals surface area contributed by atoms with E-state index >= 15 is 0 Å². The molecule has 0 saturated heterocycles. The Kier molecular flexibility index (Phi) is 5.65. The molecule has 8 nitrogen and oxygen atoms in total. The summed E-state index contributed by atoms with van der Waals surface area (Å²) >= 11 is 0. The van der Waals surface area contributed by atoms with Crippen LogP contribution in [0.4, 0.5) is 5.69 Å². The van der Waals surface area contributed by atoms with E-state index in [1.807, 2.05) is 0 Å². The lowest BCUT2D eigenvalue weighted by Crippen LogP contribution is -2.39. The van der Waals surface area contributed by atoms with Gasteiger partial charge in [0.2, 0.25) is 11.8 Å². The van der Waals surface area contributed by atoms with Gasteiger partial charge in [-0.15, -0.1) is 0 Å². The van der Waals surface area contributed by atoms with Crippen LogP contribution in [-0.4, -0.2) is 42.9 Å². The molecule has 0 bridgehead atoms. The molecular formula is C19H20N4O4. The topological polar surface area (TPSA) is 109 Å². The summed E-state index contributed by atoms with van der Waals surface area (Å²) in [5, 5.41) is 8.24. The monoisotopic (exact) mass is 368 g/mol. The zero-order valence-corrected chi connectivity index (χ0v) is 14.8. The van der Waals surface area contributed by atoms with Gasteiger partial charge >= 0.3 is 0 Å². The van der Waals surface area contributed by atoms with Crippen molar-refractivity contribution in [3.8, 4) is 5.75 Å². The summed E-state index contributed by atoms with van der Waals surface area (Å²) in [5.41, 5.74) is 1.77. The SMILES string of the molecule is COc1ccc2c(c1)[C@H](C(=O)NCCNC(=O)c1cccnc1)CC(=O)N2. The van der Waals surface area contributed by atoms with Crippen molar-refractivity contribution in [2.75, 3.05) is 25.5 Å². The number of amides is 3. The van der Waals surface area contributed by atoms with Crippen LogP contribution in [0.25, 0.3) is 0 Å². The Bertz CT molecular complexity index is 854. The number of rotatable bonds is 6. The number of aromatic nitrogens is 1. The number of ether oxygens (including phenoxy) is 1. The van der Waals surface area contributed by atoms with Crippen LogP contribution in [0.2, 0.25) is 0 Å². The number of hydrogen-bond donors (Lipinski definition) is 3. The first-order valence-electron chi connectivity index (χ1n) is 8.52. The summed E-state index contributed by atoms with van der Waals surface area (Å²) in [7, 11) is 1.54. The summed E-state index contributed by atoms with van der Waals surface area (Å²) in [5.74, 6) is -0.721. The van der Waals surface area contributed by atoms with Crippen LogP contribution < -0.4 is 20.7 Å². The molecule has 3 rings (SSSR count). The van der Waals surface area contributed by atoms with E-state index in [4.69, 9.17) is 4.74 Å². The van der Waals surface area contributed by atoms with Gasteiger partial charge in [0.25, 0.3) is 5.91 Å². The molecule has 0 radical (unpaired) electrons. The molecule has 1 atom stereocenters. The molecule has 8 heteroatoms. The van der Waals surface area contributed by atoms with E-state index < -0.39 is 5.92 Å². The quantitative estimate of drug-likeness (QED) is 0.661. The second-order valence-corrected chi connectivity index (χ2v) is 6.05. The highest BCUT2D eigenvalue weighted by Crippen LogP contribution is 2.34. The van der Waals surface area contributed by atoms with Crippen molar-refractivity contribution in [1.29, 1.82) is 0 Å². The molecule has 3 N–H and O–H groups in total. The summed E-state index contributed by atoms with van der Waals surface area (Å²) in [6, 6.07) is 8.54. The zero-order chi connectivity index (χ0) is 19.2. The second-order valence-electron chi connectivity index (χ2n) is 6.05. The molecule has 0 aliphatic carbocycles. The number of carbonyl (C=O) groups is 3. The normalized spacial score (nSPS) is 15.3. The highest BCUT2D eigenvalue weighted by atomic mass is 16.5. The van der Waals surface area contributed by atoms with Gasteiger partial charge in [0, 0.05) is 37.6 Å². The Labute approximate surface area is 156 Å². The number of hydrogen-bond acceptors (Lipinski definition) is 5. The summed E-state index contributed by atoms with van der Waals surface area (Å²) < 4.78 is 5.21. The van der Waals surface area contributed by atoms with Crippen molar-refractivity contribution in [1.82, 2.24) is 15.6 Å². The van der Waals surface area contributed by atoms with Gasteiger partial charge in [0.1, 0.15) is 5.75 Å². The lowest BCUT2D eigenvalue weighted by Gasteiger charge is -2.25. The van der Waals surface area contributed by atoms with E-state index in [1.54, 1.807) is 43.6 Å². The van der Waals surface area contributed by atoms with E-state index in [2.05, 4.69) is 20.9 Å². The minimum Gasteiger partial charge on any atom is -0.497 e. The third-order valence-corrected chi connectivity index (χ3v) is 4.25. The maximum Gasteiger partial charge on any atom is 0.252 e. The van der Waals surface area contributed by atoms with Crippen LogP contribution in [0.3, 0.4) is 0 Å². The molecule has 27 heavy (non-hydrogen) atoms. The number of fused-ring (bicyclic) bond motifs is 1. The van der Waals surface area contributed by atoms with E-state index in [9.17, 15) is 14.4 Å². The highest BCUT2D eigenvalue weighted by Gasteiger charge is 2.30. The van der Waals surface area contributed by atoms with Gasteiger partial charge < -0.3 is 20.7 Å². The van der Waals surface area contributed by atoms with Crippen molar-refractivity contribution in [3.63, 3.8) is 0 Å². The first-order chi connectivity index (χ1) is 13.1. The maximum absolute atomic E-state index is 12.6. The van der Waals surface area contributed by atoms with Crippen LogP contribution >= 0.6 is 0 Å². The predicted octanol–water partition coefficient (Wildman–Crippen LogP) is 1.06. The molecule has 0 saturated carbocycles. The molecule has 2 aromatic rings. The van der Waals surface area contributed by atoms with Crippen LogP contribution in [-0.2, 0) is 9.59 Å². The number of anilines is 1. The maximum atomic E-state index is 12.6. The number of carbonyl (C=O) groups excluding carboxylic acids is 3. The Balaban J connectivity index is 1.57. The third kappa shape index (κ3) is 4.41. The predicted molar refractivity (Wildman–Crippen MR) is 98.6 cm³/mol. The smallest absolute Gasteiger partial charge is 0.252 e. The van der Waals surface area contributed by atoms with Gasteiger partial charge in [-0.05, 0) is 35.9 Å². The average molecular weight is 368 g/mol. The molecule has 2 heterocycles. The number of methoxy groups -OCH3 is 1. The Morgan fingerprint density at radius 3 is 2.81 bits per heavy atom. The van der Waals surface area contributed by atoms with Gasteiger partial charge in [-0.2, -0.15) is 0 Å². The summed E-state index contributed by atoms with van der Waals surface area (Å²) in [6.45, 7) is 0.519. The first-order valence-corrected chi connectivity index (χ1v) is 8.52. The van der Waals surface area contributed by atoms with Crippen LogP contribution in [0.1, 0.15) is 28.3 Å². The van der Waals surface area contributed by atoms with Gasteiger partial charge in [-0.3, -0.25) is 19.4 Å². The molecule has 1 aliphatic heterocycles. The lowest BCUT2D eigenvalue weighted by molar-refractivity contribution is -0.126. The van der Waals surface area contributed by atoms with Gasteiger partial charge in [-0.25, -0.2) is 0 Å². The number of benzene rings is 1. The van der Waals surface area contributed by atoms with Gasteiger partial charge in [0.05, 0.1) is 18.6 Å². The fourth-order valence-electron chi connectivity index (χ4n) is 2.88. The fraction of sp³-hybridized carbons (Fsp3) is 0.263. The first kappa shape index (κ1) is 18.4. The van der Waals surface area contributed by atoms with Crippen molar-refractivity contribution in [2.24, 2.45) is 0 Å². The molecule has 0 fully saturated rings. The fourth-order valence-corrected chi connectivity index (χ4v) is 2.88. The largest absolute Gasteiger partial charge is 0.497 e. The number of nitrogens with zero attached hydrogens (tertiary/aromatic N) is 1. The molecule has 0 spiro atoms. The van der Waals surface area contributed by atoms with Crippen molar-refractivity contribution >= 4 is 23.4 Å². The van der Waals surface area contributed by atoms with Crippen molar-refractivity contribution < 1.29 is 19.1 Å². The van der Waals surface area contributed by atoms with E-state index in [1.165, 1.54) is 6.20 Å². The van der Waals surface area contributed by atoms with Crippen molar-refractivity contribution in [2.45, 2.75) is 12.3 Å². The van der Waals surface area contributed by atoms with E-state index in [-0.39, 0.29) is 37.2 Å². The average Bonchev–Trinajstić information content (AvgIpc) is 2.70. The van der Waals surface area contributed by atoms with E-state index in [0.717, 1.165) is 0 Å². The summed E-state index contributed by atoms with van der Waals surface area (Å²) in [4.78, 5) is 40.3. The summed E-state index contributed by atoms with van der Waals surface area (Å²) in [6.07, 6.45) is 3.12. The number of pyridine rings is 1. The number of nitrogens with one attached hydrogen (secondary N) is 3. The van der Waals surface area contributed by atoms with E-state index in [0.29, 0.717) is 22.6 Å². The van der Waals surface area contributed by atoms with Gasteiger partial charge in [-0.1, -0.05) is 0 Å². The molecule has 1 aliphatic rings. The third-order valence-electron chi connectivity index (χ3n) is 4.25. The molecule has 1 aromatic heterocycles. The molecule has 1 aromatic carbocycles. The minimum absolute atomic E-state index is 0.0635. The Morgan fingerprint density at radius 2 is 2.07 bits per heavy atom. The van der Waals surface area contributed by atoms with Crippen LogP contribution in [0.15, 0.2) is 42.7 Å². The molecule has 140 valence electrons. The highest BCUT2D eigenvalue weighted by molar-refractivity contribution is 6.01.